The second-order valence-corrected chi connectivity index (χ2v) is 7.32. The number of aliphatic hydroxyl groups excluding tert-OH is 1. The van der Waals surface area contributed by atoms with E-state index >= 15 is 0 Å². The Hall–Kier alpha value is -0.770. The van der Waals surface area contributed by atoms with Crippen LogP contribution in [0.15, 0.2) is 0 Å². The van der Waals surface area contributed by atoms with Gasteiger partial charge in [0, 0.05) is 6.04 Å². The highest BCUT2D eigenvalue weighted by atomic mass is 16.6. The zero-order valence-electron chi connectivity index (χ0n) is 14.8. The number of carbonyl (C=O) groups is 1. The van der Waals surface area contributed by atoms with Crippen LogP contribution in [0.3, 0.4) is 0 Å². The Morgan fingerprint density at radius 3 is 2.26 bits per heavy atom. The molecular formula is C19H35NO3. The van der Waals surface area contributed by atoms with Crippen molar-refractivity contribution in [2.75, 3.05) is 6.61 Å². The highest BCUT2D eigenvalue weighted by Crippen LogP contribution is 2.31. The minimum Gasteiger partial charge on any atom is -0.447 e. The van der Waals surface area contributed by atoms with E-state index in [9.17, 15) is 9.90 Å². The number of ether oxygens (including phenoxy) is 1. The van der Waals surface area contributed by atoms with Crippen molar-refractivity contribution in [3.8, 4) is 0 Å². The molecule has 1 amide bonds. The van der Waals surface area contributed by atoms with Crippen LogP contribution in [0.4, 0.5) is 4.79 Å². The van der Waals surface area contributed by atoms with Crippen LogP contribution in [0.5, 0.6) is 0 Å². The van der Waals surface area contributed by atoms with Gasteiger partial charge in [0.15, 0.2) is 0 Å². The van der Waals surface area contributed by atoms with E-state index in [1.807, 2.05) is 4.90 Å². The number of amides is 1. The van der Waals surface area contributed by atoms with Crippen molar-refractivity contribution >= 4 is 6.09 Å². The maximum Gasteiger partial charge on any atom is 0.410 e. The van der Waals surface area contributed by atoms with E-state index in [1.54, 1.807) is 0 Å². The average molecular weight is 325 g/mol. The molecule has 134 valence electrons. The fraction of sp³-hybridized carbons (Fsp3) is 0.947. The van der Waals surface area contributed by atoms with Crippen molar-refractivity contribution in [3.63, 3.8) is 0 Å². The molecule has 0 aromatic rings. The van der Waals surface area contributed by atoms with E-state index in [2.05, 4.69) is 6.92 Å². The number of rotatable bonds is 11. The molecule has 0 aromatic heterocycles. The summed E-state index contributed by atoms with van der Waals surface area (Å²) in [6.07, 6.45) is 15.6. The number of nitrogens with zero attached hydrogens (tertiary/aromatic N) is 1. The Kier molecular flexibility index (Phi) is 8.21. The lowest BCUT2D eigenvalue weighted by atomic mass is 9.91. The SMILES string of the molecule is CCCCCCCCCCCC[C@H]1CC[C@H](O)[C@@H]2COC(=O)N12. The maximum absolute atomic E-state index is 11.8. The van der Waals surface area contributed by atoms with Crippen molar-refractivity contribution in [3.05, 3.63) is 0 Å². The van der Waals surface area contributed by atoms with Crippen LogP contribution in [0.1, 0.15) is 90.4 Å². The first-order chi connectivity index (χ1) is 11.2. The summed E-state index contributed by atoms with van der Waals surface area (Å²) in [4.78, 5) is 13.7. The van der Waals surface area contributed by atoms with Gasteiger partial charge in [-0.25, -0.2) is 4.79 Å². The Labute approximate surface area is 141 Å². The average Bonchev–Trinajstić information content (AvgIpc) is 2.94. The summed E-state index contributed by atoms with van der Waals surface area (Å²) in [7, 11) is 0. The first kappa shape index (κ1) is 18.6. The first-order valence-electron chi connectivity index (χ1n) is 9.87. The van der Waals surface area contributed by atoms with Gasteiger partial charge in [0.25, 0.3) is 0 Å². The number of carbonyl (C=O) groups excluding carboxylic acids is 1. The standard InChI is InChI=1S/C19H35NO3/c1-2-3-4-5-6-7-8-9-10-11-12-16-13-14-18(21)17-15-23-19(22)20(16)17/h16-18,21H,2-15H2,1H3/t16-,17-,18-/m0/s1. The lowest BCUT2D eigenvalue weighted by Gasteiger charge is -2.38. The number of unbranched alkanes of at least 4 members (excludes halogenated alkanes) is 9. The summed E-state index contributed by atoms with van der Waals surface area (Å²) < 4.78 is 5.13. The normalized spacial score (nSPS) is 27.1. The highest BCUT2D eigenvalue weighted by Gasteiger charge is 2.44. The minimum absolute atomic E-state index is 0.0932. The van der Waals surface area contributed by atoms with Crippen LogP contribution >= 0.6 is 0 Å². The molecule has 2 aliphatic heterocycles. The summed E-state index contributed by atoms with van der Waals surface area (Å²) in [5.41, 5.74) is 0. The van der Waals surface area contributed by atoms with E-state index < -0.39 is 6.10 Å². The van der Waals surface area contributed by atoms with Gasteiger partial charge < -0.3 is 9.84 Å². The quantitative estimate of drug-likeness (QED) is 0.563. The molecule has 23 heavy (non-hydrogen) atoms. The molecule has 3 atom stereocenters. The highest BCUT2D eigenvalue weighted by molar-refractivity contribution is 5.70. The van der Waals surface area contributed by atoms with Crippen molar-refractivity contribution < 1.29 is 14.6 Å². The predicted molar refractivity (Wildman–Crippen MR) is 92.5 cm³/mol. The molecule has 0 spiro atoms. The van der Waals surface area contributed by atoms with Gasteiger partial charge in [-0.3, -0.25) is 4.90 Å². The molecule has 1 N–H and O–H groups in total. The number of cyclic esters (lactones) is 1. The van der Waals surface area contributed by atoms with Gasteiger partial charge in [0.05, 0.1) is 12.1 Å². The van der Waals surface area contributed by atoms with Crippen LogP contribution in [0.25, 0.3) is 0 Å². The van der Waals surface area contributed by atoms with E-state index in [0.29, 0.717) is 6.61 Å². The first-order valence-corrected chi connectivity index (χ1v) is 9.87. The van der Waals surface area contributed by atoms with Crippen LogP contribution in [-0.2, 0) is 4.74 Å². The molecule has 2 saturated heterocycles. The third-order valence-corrected chi connectivity index (χ3v) is 5.47. The molecule has 2 rings (SSSR count). The number of hydrogen-bond donors (Lipinski definition) is 1. The molecule has 2 fully saturated rings. The smallest absolute Gasteiger partial charge is 0.410 e. The van der Waals surface area contributed by atoms with Gasteiger partial charge >= 0.3 is 6.09 Å². The molecule has 0 bridgehead atoms. The number of hydrogen-bond acceptors (Lipinski definition) is 3. The molecule has 2 aliphatic rings. The second kappa shape index (κ2) is 10.2. The predicted octanol–water partition coefficient (Wildman–Crippen LogP) is 4.64. The summed E-state index contributed by atoms with van der Waals surface area (Å²) >= 11 is 0. The Morgan fingerprint density at radius 2 is 1.61 bits per heavy atom. The van der Waals surface area contributed by atoms with Gasteiger partial charge in [-0.1, -0.05) is 71.1 Å². The van der Waals surface area contributed by atoms with Crippen LogP contribution in [0, 0.1) is 0 Å². The van der Waals surface area contributed by atoms with Crippen molar-refractivity contribution in [1.29, 1.82) is 0 Å². The molecule has 0 aromatic carbocycles. The van der Waals surface area contributed by atoms with Crippen molar-refractivity contribution in [2.45, 2.75) is 109 Å². The van der Waals surface area contributed by atoms with Crippen LogP contribution in [0.2, 0.25) is 0 Å². The monoisotopic (exact) mass is 325 g/mol. The molecule has 2 heterocycles. The third kappa shape index (κ3) is 5.66. The fourth-order valence-corrected chi connectivity index (χ4v) is 4.01. The van der Waals surface area contributed by atoms with E-state index in [4.69, 9.17) is 4.74 Å². The lowest BCUT2D eigenvalue weighted by molar-refractivity contribution is 0.0200. The minimum atomic E-state index is -0.398. The Morgan fingerprint density at radius 1 is 1.00 bits per heavy atom. The summed E-state index contributed by atoms with van der Waals surface area (Å²) in [6, 6.07) is 0.191. The van der Waals surface area contributed by atoms with Crippen molar-refractivity contribution in [2.24, 2.45) is 0 Å². The molecule has 0 radical (unpaired) electrons. The summed E-state index contributed by atoms with van der Waals surface area (Å²) in [5.74, 6) is 0. The van der Waals surface area contributed by atoms with Crippen LogP contribution < -0.4 is 0 Å². The van der Waals surface area contributed by atoms with Gasteiger partial charge in [0.2, 0.25) is 0 Å². The van der Waals surface area contributed by atoms with Crippen molar-refractivity contribution in [1.82, 2.24) is 4.90 Å². The number of piperidine rings is 1. The summed E-state index contributed by atoms with van der Waals surface area (Å²) in [6.45, 7) is 2.63. The topological polar surface area (TPSA) is 49.8 Å². The summed E-state index contributed by atoms with van der Waals surface area (Å²) in [5, 5.41) is 9.99. The van der Waals surface area contributed by atoms with Gasteiger partial charge in [0.1, 0.15) is 6.61 Å². The third-order valence-electron chi connectivity index (χ3n) is 5.47. The van der Waals surface area contributed by atoms with Gasteiger partial charge in [-0.15, -0.1) is 0 Å². The number of aliphatic hydroxyl groups is 1. The molecule has 0 saturated carbocycles. The maximum atomic E-state index is 11.8. The lowest BCUT2D eigenvalue weighted by Crippen LogP contribution is -2.52. The molecule has 4 heteroatoms. The van der Waals surface area contributed by atoms with Crippen LogP contribution in [-0.4, -0.2) is 40.9 Å². The fourth-order valence-electron chi connectivity index (χ4n) is 4.01. The molecular weight excluding hydrogens is 290 g/mol. The van der Waals surface area contributed by atoms with E-state index in [0.717, 1.165) is 19.3 Å². The van der Waals surface area contributed by atoms with Gasteiger partial charge in [-0.05, 0) is 19.3 Å². The molecule has 4 nitrogen and oxygen atoms in total. The Bertz CT molecular complexity index is 348. The van der Waals surface area contributed by atoms with E-state index in [1.165, 1.54) is 64.2 Å². The largest absolute Gasteiger partial charge is 0.447 e. The molecule has 0 unspecified atom stereocenters. The van der Waals surface area contributed by atoms with Gasteiger partial charge in [-0.2, -0.15) is 0 Å². The van der Waals surface area contributed by atoms with E-state index in [-0.39, 0.29) is 18.2 Å². The second-order valence-electron chi connectivity index (χ2n) is 7.32. The molecule has 0 aliphatic carbocycles. The zero-order chi connectivity index (χ0) is 16.5. The zero-order valence-corrected chi connectivity index (χ0v) is 14.8. The number of fused-ring (bicyclic) bond motifs is 1. The Balaban J connectivity index is 1.52.